The Labute approximate surface area is 109 Å². The van der Waals surface area contributed by atoms with Crippen LogP contribution in [0.5, 0.6) is 0 Å². The van der Waals surface area contributed by atoms with Crippen LogP contribution in [0.1, 0.15) is 0 Å². The Balaban J connectivity index is 2.05. The fourth-order valence-corrected chi connectivity index (χ4v) is 2.60. The minimum Gasteiger partial charge on any atom is -0.318 e. The average molecular weight is 248 g/mol. The molecular weight excluding hydrogens is 236 g/mol. The van der Waals surface area contributed by atoms with Crippen LogP contribution in [0, 0.1) is 0 Å². The summed E-state index contributed by atoms with van der Waals surface area (Å²) >= 11 is 0. The van der Waals surface area contributed by atoms with Gasteiger partial charge in [-0.25, -0.2) is 0 Å². The standard InChI is InChI=1S/C15H12N4/c1-3-7-14-12(5-1)13-6-2-4-8-15(13)18(14)11-19-16-9-10-17-19/h1-10H,11H2. The number of aromatic nitrogens is 4. The van der Waals surface area contributed by atoms with Crippen LogP contribution < -0.4 is 0 Å². The summed E-state index contributed by atoms with van der Waals surface area (Å²) in [5, 5.41) is 10.9. The largest absolute Gasteiger partial charge is 0.318 e. The number of benzene rings is 2. The molecule has 2 aromatic heterocycles. The summed E-state index contributed by atoms with van der Waals surface area (Å²) in [6.45, 7) is 0.626. The Morgan fingerprint density at radius 2 is 1.26 bits per heavy atom. The lowest BCUT2D eigenvalue weighted by Gasteiger charge is -2.06. The summed E-state index contributed by atoms with van der Waals surface area (Å²) in [5.41, 5.74) is 2.42. The molecule has 4 rings (SSSR count). The van der Waals surface area contributed by atoms with Gasteiger partial charge in [-0.1, -0.05) is 36.4 Å². The summed E-state index contributed by atoms with van der Waals surface area (Å²) in [6.07, 6.45) is 3.40. The molecule has 0 aliphatic rings. The van der Waals surface area contributed by atoms with Gasteiger partial charge in [0.15, 0.2) is 0 Å². The second-order valence-electron chi connectivity index (χ2n) is 4.51. The Morgan fingerprint density at radius 3 is 1.84 bits per heavy atom. The van der Waals surface area contributed by atoms with Crippen LogP contribution in [-0.2, 0) is 6.67 Å². The molecule has 4 heteroatoms. The van der Waals surface area contributed by atoms with E-state index in [9.17, 15) is 0 Å². The topological polar surface area (TPSA) is 35.6 Å². The van der Waals surface area contributed by atoms with E-state index >= 15 is 0 Å². The normalized spacial score (nSPS) is 11.4. The average Bonchev–Trinajstić information content (AvgIpc) is 3.08. The molecule has 0 spiro atoms. The van der Waals surface area contributed by atoms with Crippen molar-refractivity contribution in [3.63, 3.8) is 0 Å². The number of fused-ring (bicyclic) bond motifs is 3. The van der Waals surface area contributed by atoms with Crippen molar-refractivity contribution < 1.29 is 0 Å². The lowest BCUT2D eigenvalue weighted by atomic mass is 10.2. The lowest BCUT2D eigenvalue weighted by molar-refractivity contribution is 0.505. The summed E-state index contributed by atoms with van der Waals surface area (Å²) < 4.78 is 2.24. The first-order valence-corrected chi connectivity index (χ1v) is 6.23. The van der Waals surface area contributed by atoms with E-state index in [2.05, 4.69) is 63.3 Å². The molecule has 0 saturated heterocycles. The fraction of sp³-hybridized carbons (Fsp3) is 0.0667. The summed E-state index contributed by atoms with van der Waals surface area (Å²) in [7, 11) is 0. The highest BCUT2D eigenvalue weighted by atomic mass is 15.5. The van der Waals surface area contributed by atoms with Gasteiger partial charge >= 0.3 is 0 Å². The Morgan fingerprint density at radius 1 is 0.737 bits per heavy atom. The molecular formula is C15H12N4. The van der Waals surface area contributed by atoms with Crippen LogP contribution in [0.3, 0.4) is 0 Å². The molecule has 92 valence electrons. The van der Waals surface area contributed by atoms with Crippen LogP contribution in [0.25, 0.3) is 21.8 Å². The monoisotopic (exact) mass is 248 g/mol. The summed E-state index contributed by atoms with van der Waals surface area (Å²) in [4.78, 5) is 1.69. The molecule has 0 atom stereocenters. The van der Waals surface area contributed by atoms with E-state index in [1.54, 1.807) is 17.2 Å². The van der Waals surface area contributed by atoms with Crippen LogP contribution in [0.15, 0.2) is 60.9 Å². The van der Waals surface area contributed by atoms with Crippen molar-refractivity contribution in [2.45, 2.75) is 6.67 Å². The van der Waals surface area contributed by atoms with E-state index in [0.717, 1.165) is 0 Å². The second kappa shape index (κ2) is 3.95. The first-order valence-electron chi connectivity index (χ1n) is 6.23. The van der Waals surface area contributed by atoms with Gasteiger partial charge in [-0.15, -0.1) is 0 Å². The van der Waals surface area contributed by atoms with E-state index in [-0.39, 0.29) is 0 Å². The van der Waals surface area contributed by atoms with Crippen molar-refractivity contribution in [3.05, 3.63) is 60.9 Å². The fourth-order valence-electron chi connectivity index (χ4n) is 2.60. The molecule has 4 aromatic rings. The molecule has 0 bridgehead atoms. The molecule has 0 aliphatic heterocycles. The maximum absolute atomic E-state index is 4.19. The predicted octanol–water partition coefficient (Wildman–Crippen LogP) is 2.89. The van der Waals surface area contributed by atoms with Crippen molar-refractivity contribution in [1.29, 1.82) is 0 Å². The zero-order chi connectivity index (χ0) is 12.7. The number of hydrogen-bond acceptors (Lipinski definition) is 2. The van der Waals surface area contributed by atoms with Crippen molar-refractivity contribution in [1.82, 2.24) is 19.6 Å². The molecule has 0 N–H and O–H groups in total. The molecule has 0 unspecified atom stereocenters. The van der Waals surface area contributed by atoms with Crippen molar-refractivity contribution >= 4 is 21.8 Å². The lowest BCUT2D eigenvalue weighted by Crippen LogP contribution is -2.10. The van der Waals surface area contributed by atoms with E-state index in [0.29, 0.717) is 6.67 Å². The van der Waals surface area contributed by atoms with Gasteiger partial charge in [0.25, 0.3) is 0 Å². The van der Waals surface area contributed by atoms with Crippen LogP contribution in [-0.4, -0.2) is 19.6 Å². The number of hydrogen-bond donors (Lipinski definition) is 0. The second-order valence-corrected chi connectivity index (χ2v) is 4.51. The van der Waals surface area contributed by atoms with E-state index < -0.39 is 0 Å². The van der Waals surface area contributed by atoms with E-state index in [1.165, 1.54) is 21.8 Å². The van der Waals surface area contributed by atoms with E-state index in [1.807, 2.05) is 0 Å². The van der Waals surface area contributed by atoms with Crippen molar-refractivity contribution in [2.75, 3.05) is 0 Å². The highest BCUT2D eigenvalue weighted by Crippen LogP contribution is 2.28. The van der Waals surface area contributed by atoms with Crippen LogP contribution >= 0.6 is 0 Å². The molecule has 0 amide bonds. The summed E-state index contributed by atoms with van der Waals surface area (Å²) in [6, 6.07) is 16.9. The molecule has 2 heterocycles. The Bertz CT molecular complexity index is 790. The summed E-state index contributed by atoms with van der Waals surface area (Å²) in [5.74, 6) is 0. The van der Waals surface area contributed by atoms with Gasteiger partial charge in [0.05, 0.1) is 23.4 Å². The SMILES string of the molecule is c1ccc2c(c1)c1ccccc1n2Cn1nccn1. The quantitative estimate of drug-likeness (QED) is 0.547. The molecule has 0 radical (unpaired) electrons. The number of nitrogens with zero attached hydrogens (tertiary/aromatic N) is 4. The Hall–Kier alpha value is -2.62. The third-order valence-electron chi connectivity index (χ3n) is 3.41. The predicted molar refractivity (Wildman–Crippen MR) is 74.9 cm³/mol. The molecule has 0 saturated carbocycles. The molecule has 19 heavy (non-hydrogen) atoms. The highest BCUT2D eigenvalue weighted by Gasteiger charge is 2.09. The molecule has 4 nitrogen and oxygen atoms in total. The van der Waals surface area contributed by atoms with Gasteiger partial charge in [0.1, 0.15) is 6.67 Å². The zero-order valence-electron chi connectivity index (χ0n) is 10.3. The minimum absolute atomic E-state index is 0.626. The van der Waals surface area contributed by atoms with Gasteiger partial charge < -0.3 is 4.57 Å². The third kappa shape index (κ3) is 1.53. The van der Waals surface area contributed by atoms with Crippen molar-refractivity contribution in [2.24, 2.45) is 0 Å². The number of rotatable bonds is 2. The Kier molecular flexibility index (Phi) is 2.14. The van der Waals surface area contributed by atoms with Gasteiger partial charge in [-0.3, -0.25) is 0 Å². The van der Waals surface area contributed by atoms with Crippen molar-refractivity contribution in [3.8, 4) is 0 Å². The first-order chi connectivity index (χ1) is 9.43. The maximum Gasteiger partial charge on any atom is 0.136 e. The first kappa shape index (κ1) is 10.3. The number of para-hydroxylation sites is 2. The van der Waals surface area contributed by atoms with Crippen LogP contribution in [0.4, 0.5) is 0 Å². The van der Waals surface area contributed by atoms with Gasteiger partial charge in [-0.05, 0) is 12.1 Å². The maximum atomic E-state index is 4.19. The smallest absolute Gasteiger partial charge is 0.136 e. The third-order valence-corrected chi connectivity index (χ3v) is 3.41. The van der Waals surface area contributed by atoms with Gasteiger partial charge in [0.2, 0.25) is 0 Å². The van der Waals surface area contributed by atoms with Gasteiger partial charge in [-0.2, -0.15) is 15.0 Å². The highest BCUT2D eigenvalue weighted by molar-refractivity contribution is 6.07. The molecule has 2 aromatic carbocycles. The molecule has 0 aliphatic carbocycles. The minimum atomic E-state index is 0.626. The molecule has 0 fully saturated rings. The van der Waals surface area contributed by atoms with Gasteiger partial charge in [0, 0.05) is 10.8 Å². The van der Waals surface area contributed by atoms with Crippen LogP contribution in [0.2, 0.25) is 0 Å². The van der Waals surface area contributed by atoms with E-state index in [4.69, 9.17) is 0 Å². The zero-order valence-corrected chi connectivity index (χ0v) is 10.3.